The molecule has 0 amide bonds. The molecule has 2 aromatic carbocycles. The summed E-state index contributed by atoms with van der Waals surface area (Å²) in [5.41, 5.74) is 9.78. The number of benzene rings is 2. The lowest BCUT2D eigenvalue weighted by atomic mass is 10.1. The first-order valence-electron chi connectivity index (χ1n) is 6.68. The van der Waals surface area contributed by atoms with Gasteiger partial charge < -0.3 is 10.5 Å². The summed E-state index contributed by atoms with van der Waals surface area (Å²) in [4.78, 5) is 0. The van der Waals surface area contributed by atoms with Gasteiger partial charge in [0.2, 0.25) is 0 Å². The van der Waals surface area contributed by atoms with Gasteiger partial charge in [0, 0.05) is 11.1 Å². The van der Waals surface area contributed by atoms with E-state index in [2.05, 4.69) is 37.8 Å². The van der Waals surface area contributed by atoms with Gasteiger partial charge in [-0.3, -0.25) is 0 Å². The van der Waals surface area contributed by atoms with Crippen molar-refractivity contribution in [3.63, 3.8) is 0 Å². The normalized spacial score (nSPS) is 9.75. The Balaban J connectivity index is 2.19. The molecule has 0 aliphatic heterocycles. The zero-order valence-electron chi connectivity index (χ0n) is 11.9. The molecule has 2 N–H and O–H groups in total. The number of hydrogen-bond acceptors (Lipinski definition) is 2. The molecule has 0 aliphatic carbocycles. The van der Waals surface area contributed by atoms with Crippen LogP contribution in [-0.4, -0.2) is 6.54 Å². The number of aryl methyl sites for hydroxylation is 2. The fraction of sp³-hybridized carbons (Fsp3) is 0.222. The predicted molar refractivity (Wildman–Crippen MR) is 82.6 cm³/mol. The highest BCUT2D eigenvalue weighted by Gasteiger charge is 2.05. The maximum absolute atomic E-state index is 5.98. The molecule has 0 saturated carbocycles. The van der Waals surface area contributed by atoms with Crippen molar-refractivity contribution in [1.82, 2.24) is 0 Å². The Kier molecular flexibility index (Phi) is 4.81. The third-order valence-electron chi connectivity index (χ3n) is 3.12. The van der Waals surface area contributed by atoms with Crippen molar-refractivity contribution in [3.8, 4) is 17.6 Å². The molecule has 0 unspecified atom stereocenters. The minimum absolute atomic E-state index is 0.367. The minimum Gasteiger partial charge on any atom is -0.488 e. The summed E-state index contributed by atoms with van der Waals surface area (Å²) in [5.74, 6) is 6.92. The lowest BCUT2D eigenvalue weighted by Crippen LogP contribution is -2.01. The van der Waals surface area contributed by atoms with Crippen LogP contribution >= 0.6 is 0 Å². The van der Waals surface area contributed by atoms with Gasteiger partial charge in [0.15, 0.2) is 0 Å². The van der Waals surface area contributed by atoms with Gasteiger partial charge >= 0.3 is 0 Å². The number of nitrogens with two attached hydrogens (primary N) is 1. The van der Waals surface area contributed by atoms with Gasteiger partial charge in [-0.15, -0.1) is 0 Å². The molecule has 0 saturated heterocycles. The SMILES string of the molecule is Cc1cccc(C)c1OCc1ccccc1C#CCN. The Hall–Kier alpha value is -2.24. The van der Waals surface area contributed by atoms with E-state index in [9.17, 15) is 0 Å². The first kappa shape index (κ1) is 14.2. The van der Waals surface area contributed by atoms with Gasteiger partial charge in [-0.05, 0) is 31.0 Å². The van der Waals surface area contributed by atoms with Crippen LogP contribution in [0.15, 0.2) is 42.5 Å². The lowest BCUT2D eigenvalue weighted by molar-refractivity contribution is 0.301. The molecule has 0 radical (unpaired) electrons. The van der Waals surface area contributed by atoms with Crippen molar-refractivity contribution < 1.29 is 4.74 Å². The zero-order chi connectivity index (χ0) is 14.4. The second-order valence-corrected chi connectivity index (χ2v) is 4.67. The van der Waals surface area contributed by atoms with Crippen molar-refractivity contribution in [1.29, 1.82) is 0 Å². The molecule has 2 heteroatoms. The van der Waals surface area contributed by atoms with E-state index in [1.54, 1.807) is 0 Å². The molecule has 2 nitrogen and oxygen atoms in total. The smallest absolute Gasteiger partial charge is 0.125 e. The van der Waals surface area contributed by atoms with Crippen molar-refractivity contribution in [2.45, 2.75) is 20.5 Å². The van der Waals surface area contributed by atoms with Gasteiger partial charge in [-0.25, -0.2) is 0 Å². The second kappa shape index (κ2) is 6.79. The molecular weight excluding hydrogens is 246 g/mol. The molecule has 2 aromatic rings. The van der Waals surface area contributed by atoms with Crippen LogP contribution in [0, 0.1) is 25.7 Å². The van der Waals surface area contributed by atoms with E-state index in [1.807, 2.05) is 30.3 Å². The van der Waals surface area contributed by atoms with Crippen molar-refractivity contribution in [3.05, 3.63) is 64.7 Å². The number of hydrogen-bond donors (Lipinski definition) is 1. The van der Waals surface area contributed by atoms with E-state index in [1.165, 1.54) is 0 Å². The summed E-state index contributed by atoms with van der Waals surface area (Å²) in [6, 6.07) is 14.2. The van der Waals surface area contributed by atoms with E-state index < -0.39 is 0 Å². The Morgan fingerprint density at radius 3 is 2.40 bits per heavy atom. The molecule has 0 aromatic heterocycles. The minimum atomic E-state index is 0.367. The quantitative estimate of drug-likeness (QED) is 0.865. The Bertz CT molecular complexity index is 630. The highest BCUT2D eigenvalue weighted by atomic mass is 16.5. The number of ether oxygens (including phenoxy) is 1. The molecular formula is C18H19NO. The summed E-state index contributed by atoms with van der Waals surface area (Å²) in [6.07, 6.45) is 0. The summed E-state index contributed by atoms with van der Waals surface area (Å²) in [7, 11) is 0. The van der Waals surface area contributed by atoms with Crippen LogP contribution in [0.3, 0.4) is 0 Å². The van der Waals surface area contributed by atoms with Crippen LogP contribution in [0.4, 0.5) is 0 Å². The molecule has 0 bridgehead atoms. The first-order chi connectivity index (χ1) is 9.72. The number of rotatable bonds is 3. The fourth-order valence-electron chi connectivity index (χ4n) is 2.09. The van der Waals surface area contributed by atoms with Crippen molar-refractivity contribution >= 4 is 0 Å². The Labute approximate surface area is 120 Å². The zero-order valence-corrected chi connectivity index (χ0v) is 11.9. The summed E-state index contributed by atoms with van der Waals surface area (Å²) in [6.45, 7) is 5.00. The van der Waals surface area contributed by atoms with Gasteiger partial charge in [-0.1, -0.05) is 48.2 Å². The van der Waals surface area contributed by atoms with Gasteiger partial charge in [0.05, 0.1) is 6.54 Å². The summed E-state index contributed by atoms with van der Waals surface area (Å²) >= 11 is 0. The maximum Gasteiger partial charge on any atom is 0.125 e. The molecule has 0 atom stereocenters. The largest absolute Gasteiger partial charge is 0.488 e. The van der Waals surface area contributed by atoms with E-state index in [0.29, 0.717) is 13.2 Å². The average Bonchev–Trinajstić information content (AvgIpc) is 2.45. The number of para-hydroxylation sites is 1. The van der Waals surface area contributed by atoms with E-state index in [4.69, 9.17) is 10.5 Å². The molecule has 0 heterocycles. The fourth-order valence-corrected chi connectivity index (χ4v) is 2.09. The van der Waals surface area contributed by atoms with Crippen LogP contribution in [0.25, 0.3) is 0 Å². The monoisotopic (exact) mass is 265 g/mol. The van der Waals surface area contributed by atoms with Crippen LogP contribution in [0.1, 0.15) is 22.3 Å². The summed E-state index contributed by atoms with van der Waals surface area (Å²) < 4.78 is 5.98. The predicted octanol–water partition coefficient (Wildman–Crippen LogP) is 3.19. The third-order valence-corrected chi connectivity index (χ3v) is 3.12. The van der Waals surface area contributed by atoms with Gasteiger partial charge in [0.1, 0.15) is 12.4 Å². The van der Waals surface area contributed by atoms with Crippen molar-refractivity contribution in [2.24, 2.45) is 5.73 Å². The Morgan fingerprint density at radius 2 is 1.70 bits per heavy atom. The molecule has 0 fully saturated rings. The van der Waals surface area contributed by atoms with Crippen molar-refractivity contribution in [2.75, 3.05) is 6.54 Å². The molecule has 20 heavy (non-hydrogen) atoms. The Morgan fingerprint density at radius 1 is 1.00 bits per heavy atom. The molecule has 2 rings (SSSR count). The van der Waals surface area contributed by atoms with Crippen LogP contribution in [0.2, 0.25) is 0 Å². The third kappa shape index (κ3) is 3.40. The second-order valence-electron chi connectivity index (χ2n) is 4.67. The van der Waals surface area contributed by atoms with Gasteiger partial charge in [-0.2, -0.15) is 0 Å². The first-order valence-corrected chi connectivity index (χ1v) is 6.68. The highest BCUT2D eigenvalue weighted by molar-refractivity contribution is 5.43. The topological polar surface area (TPSA) is 35.2 Å². The van der Waals surface area contributed by atoms with Crippen LogP contribution in [0.5, 0.6) is 5.75 Å². The maximum atomic E-state index is 5.98. The lowest BCUT2D eigenvalue weighted by Gasteiger charge is -2.12. The highest BCUT2D eigenvalue weighted by Crippen LogP contribution is 2.23. The van der Waals surface area contributed by atoms with E-state index >= 15 is 0 Å². The van der Waals surface area contributed by atoms with E-state index in [0.717, 1.165) is 28.0 Å². The summed E-state index contributed by atoms with van der Waals surface area (Å²) in [5, 5.41) is 0. The molecule has 0 spiro atoms. The van der Waals surface area contributed by atoms with Gasteiger partial charge in [0.25, 0.3) is 0 Å². The molecule has 102 valence electrons. The van der Waals surface area contributed by atoms with E-state index in [-0.39, 0.29) is 0 Å². The average molecular weight is 265 g/mol. The standard InChI is InChI=1S/C18H19NO/c1-14-7-5-8-15(2)18(14)20-13-17-10-4-3-9-16(17)11-6-12-19/h3-5,7-10H,12-13,19H2,1-2H3. The van der Waals surface area contributed by atoms with Crippen LogP contribution in [-0.2, 0) is 6.61 Å². The van der Waals surface area contributed by atoms with Crippen LogP contribution < -0.4 is 10.5 Å². The molecule has 0 aliphatic rings.